The average Bonchev–Trinajstić information content (AvgIpc) is 3.30. The van der Waals surface area contributed by atoms with Gasteiger partial charge < -0.3 is 14.7 Å². The second-order valence-electron chi connectivity index (χ2n) is 7.20. The highest BCUT2D eigenvalue weighted by Gasteiger charge is 2.13. The van der Waals surface area contributed by atoms with E-state index in [1.165, 1.54) is 0 Å². The Bertz CT molecular complexity index is 1560. The summed E-state index contributed by atoms with van der Waals surface area (Å²) in [4.78, 5) is 19.5. The third kappa shape index (κ3) is 2.50. The molecule has 0 saturated carbocycles. The predicted octanol–water partition coefficient (Wildman–Crippen LogP) is 6.17. The maximum absolute atomic E-state index is 12.7. The molecule has 4 nitrogen and oxygen atoms in total. The van der Waals surface area contributed by atoms with Crippen molar-refractivity contribution in [3.8, 4) is 5.75 Å². The molecule has 0 atom stereocenters. The Kier molecular flexibility index (Phi) is 3.29. The number of carbonyl (C=O) groups excluding carboxylic acids is 1. The van der Waals surface area contributed by atoms with Crippen LogP contribution >= 0.6 is 0 Å². The van der Waals surface area contributed by atoms with Crippen molar-refractivity contribution in [1.82, 2.24) is 9.97 Å². The molecular weight excluding hydrogens is 360 g/mol. The van der Waals surface area contributed by atoms with E-state index >= 15 is 0 Å². The molecule has 2 aromatic heterocycles. The smallest absolute Gasteiger partial charge is 0.343 e. The van der Waals surface area contributed by atoms with Crippen LogP contribution in [0, 0.1) is 0 Å². The molecule has 29 heavy (non-hydrogen) atoms. The van der Waals surface area contributed by atoms with Crippen LogP contribution in [0.4, 0.5) is 0 Å². The number of aromatic nitrogens is 2. The molecular formula is C25H16N2O2. The molecule has 2 heterocycles. The molecule has 0 bridgehead atoms. The van der Waals surface area contributed by atoms with Crippen LogP contribution in [0.25, 0.3) is 43.6 Å². The summed E-state index contributed by atoms with van der Waals surface area (Å²) in [5, 5.41) is 4.51. The second-order valence-corrected chi connectivity index (χ2v) is 7.20. The number of para-hydroxylation sites is 2. The lowest BCUT2D eigenvalue weighted by Crippen LogP contribution is -2.08. The summed E-state index contributed by atoms with van der Waals surface area (Å²) in [6.45, 7) is 0. The molecule has 0 fully saturated rings. The first kappa shape index (κ1) is 16.0. The number of fused-ring (bicyclic) bond motifs is 6. The van der Waals surface area contributed by atoms with Crippen LogP contribution in [-0.4, -0.2) is 15.9 Å². The number of esters is 1. The van der Waals surface area contributed by atoms with Gasteiger partial charge >= 0.3 is 5.97 Å². The zero-order valence-corrected chi connectivity index (χ0v) is 15.4. The van der Waals surface area contributed by atoms with Crippen molar-refractivity contribution >= 4 is 49.6 Å². The quantitative estimate of drug-likeness (QED) is 0.280. The summed E-state index contributed by atoms with van der Waals surface area (Å²) in [7, 11) is 0. The van der Waals surface area contributed by atoms with Crippen molar-refractivity contribution in [2.75, 3.05) is 0 Å². The van der Waals surface area contributed by atoms with Gasteiger partial charge in [0.2, 0.25) is 0 Å². The molecule has 4 heteroatoms. The number of hydrogen-bond acceptors (Lipinski definition) is 2. The topological polar surface area (TPSA) is 57.9 Å². The second kappa shape index (κ2) is 5.97. The van der Waals surface area contributed by atoms with E-state index < -0.39 is 0 Å². The van der Waals surface area contributed by atoms with Crippen molar-refractivity contribution in [2.45, 2.75) is 0 Å². The molecule has 2 N–H and O–H groups in total. The van der Waals surface area contributed by atoms with Crippen LogP contribution in [0.5, 0.6) is 5.75 Å². The van der Waals surface area contributed by atoms with Crippen LogP contribution < -0.4 is 4.74 Å². The number of benzene rings is 4. The third-order valence-corrected chi connectivity index (χ3v) is 5.43. The summed E-state index contributed by atoms with van der Waals surface area (Å²) in [6, 6.07) is 27.6. The molecule has 0 unspecified atom stereocenters. The number of H-pyrrole nitrogens is 2. The molecule has 138 valence electrons. The van der Waals surface area contributed by atoms with Gasteiger partial charge in [-0.25, -0.2) is 4.79 Å². The Morgan fingerprint density at radius 1 is 0.586 bits per heavy atom. The minimum absolute atomic E-state index is 0.374. The Morgan fingerprint density at radius 3 is 1.83 bits per heavy atom. The van der Waals surface area contributed by atoms with Gasteiger partial charge in [0.1, 0.15) is 5.75 Å². The van der Waals surface area contributed by atoms with Gasteiger partial charge in [-0.2, -0.15) is 0 Å². The monoisotopic (exact) mass is 376 g/mol. The molecule has 0 amide bonds. The van der Waals surface area contributed by atoms with Crippen molar-refractivity contribution < 1.29 is 9.53 Å². The normalized spacial score (nSPS) is 11.6. The van der Waals surface area contributed by atoms with E-state index in [-0.39, 0.29) is 5.97 Å². The van der Waals surface area contributed by atoms with Gasteiger partial charge in [0.25, 0.3) is 0 Å². The largest absolute Gasteiger partial charge is 0.423 e. The standard InChI is InChI=1S/C25H16N2O2/c28-25(15-9-11-19-17-5-1-3-7-21(17)26-23(19)13-15)29-16-10-12-20-18-6-2-4-8-22(18)27-24(20)14-16/h1-14,26-27H. The lowest BCUT2D eigenvalue weighted by Gasteiger charge is -2.05. The minimum Gasteiger partial charge on any atom is -0.423 e. The van der Waals surface area contributed by atoms with Crippen molar-refractivity contribution in [3.63, 3.8) is 0 Å². The van der Waals surface area contributed by atoms with Crippen LogP contribution in [0.15, 0.2) is 84.9 Å². The van der Waals surface area contributed by atoms with E-state index in [1.54, 1.807) is 0 Å². The number of carbonyl (C=O) groups is 1. The first-order valence-electron chi connectivity index (χ1n) is 9.49. The van der Waals surface area contributed by atoms with E-state index in [2.05, 4.69) is 22.1 Å². The fourth-order valence-electron chi connectivity index (χ4n) is 4.04. The van der Waals surface area contributed by atoms with Crippen LogP contribution in [0.3, 0.4) is 0 Å². The first-order valence-corrected chi connectivity index (χ1v) is 9.49. The molecule has 0 spiro atoms. The molecule has 4 aromatic carbocycles. The third-order valence-electron chi connectivity index (χ3n) is 5.43. The highest BCUT2D eigenvalue weighted by molar-refractivity contribution is 6.09. The fourth-order valence-corrected chi connectivity index (χ4v) is 4.04. The zero-order chi connectivity index (χ0) is 19.4. The Balaban J connectivity index is 1.36. The molecule has 0 aliphatic carbocycles. The molecule has 0 aliphatic rings. The van der Waals surface area contributed by atoms with Crippen molar-refractivity contribution in [1.29, 1.82) is 0 Å². The van der Waals surface area contributed by atoms with Crippen molar-refractivity contribution in [2.24, 2.45) is 0 Å². The van der Waals surface area contributed by atoms with E-state index in [0.29, 0.717) is 11.3 Å². The van der Waals surface area contributed by atoms with E-state index in [1.807, 2.05) is 72.8 Å². The predicted molar refractivity (Wildman–Crippen MR) is 117 cm³/mol. The summed E-state index contributed by atoms with van der Waals surface area (Å²) >= 11 is 0. The van der Waals surface area contributed by atoms with Crippen molar-refractivity contribution in [3.05, 3.63) is 90.5 Å². The summed E-state index contributed by atoms with van der Waals surface area (Å²) in [5.41, 5.74) is 4.50. The summed E-state index contributed by atoms with van der Waals surface area (Å²) < 4.78 is 5.65. The van der Waals surface area contributed by atoms with Gasteiger partial charge in [0.05, 0.1) is 11.1 Å². The van der Waals surface area contributed by atoms with Crippen LogP contribution in [0.2, 0.25) is 0 Å². The Labute approximate surface area is 165 Å². The van der Waals surface area contributed by atoms with E-state index in [4.69, 9.17) is 4.74 Å². The number of ether oxygens (including phenoxy) is 1. The Morgan fingerprint density at radius 2 is 1.14 bits per heavy atom. The number of aromatic amines is 2. The van der Waals surface area contributed by atoms with Gasteiger partial charge in [0, 0.05) is 44.2 Å². The minimum atomic E-state index is -0.374. The highest BCUT2D eigenvalue weighted by atomic mass is 16.5. The van der Waals surface area contributed by atoms with Crippen LogP contribution in [-0.2, 0) is 0 Å². The van der Waals surface area contributed by atoms with Crippen LogP contribution in [0.1, 0.15) is 10.4 Å². The first-order chi connectivity index (χ1) is 14.3. The summed E-state index contributed by atoms with van der Waals surface area (Å²) in [6.07, 6.45) is 0. The molecule has 6 rings (SSSR count). The maximum Gasteiger partial charge on any atom is 0.343 e. The van der Waals surface area contributed by atoms with E-state index in [0.717, 1.165) is 43.6 Å². The molecule has 0 aliphatic heterocycles. The number of nitrogens with one attached hydrogen (secondary N) is 2. The van der Waals surface area contributed by atoms with E-state index in [9.17, 15) is 4.79 Å². The molecule has 0 saturated heterocycles. The molecule has 6 aromatic rings. The molecule has 0 radical (unpaired) electrons. The number of hydrogen-bond donors (Lipinski definition) is 2. The summed E-state index contributed by atoms with van der Waals surface area (Å²) in [5.74, 6) is 0.145. The van der Waals surface area contributed by atoms with Gasteiger partial charge in [-0.1, -0.05) is 42.5 Å². The van der Waals surface area contributed by atoms with Gasteiger partial charge in [-0.05, 0) is 36.4 Å². The van der Waals surface area contributed by atoms with Gasteiger partial charge in [-0.3, -0.25) is 0 Å². The van der Waals surface area contributed by atoms with Gasteiger partial charge in [-0.15, -0.1) is 0 Å². The lowest BCUT2D eigenvalue weighted by molar-refractivity contribution is 0.0735. The zero-order valence-electron chi connectivity index (χ0n) is 15.4. The lowest BCUT2D eigenvalue weighted by atomic mass is 10.1. The SMILES string of the molecule is O=C(Oc1ccc2c(c1)[nH]c1ccccc12)c1ccc2c(c1)[nH]c1ccccc12. The maximum atomic E-state index is 12.7. The Hall–Kier alpha value is -4.05. The average molecular weight is 376 g/mol. The number of rotatable bonds is 2. The highest BCUT2D eigenvalue weighted by Crippen LogP contribution is 2.29. The fraction of sp³-hybridized carbons (Fsp3) is 0. The van der Waals surface area contributed by atoms with Gasteiger partial charge in [0.15, 0.2) is 0 Å².